The van der Waals surface area contributed by atoms with E-state index in [1.54, 1.807) is 0 Å². The van der Waals surface area contributed by atoms with Gasteiger partial charge in [0.15, 0.2) is 0 Å². The monoisotopic (exact) mass is 231 g/mol. The Hall–Kier alpha value is -0.820. The van der Waals surface area contributed by atoms with Gasteiger partial charge in [0.25, 0.3) is 0 Å². The second kappa shape index (κ2) is 4.81. The predicted molar refractivity (Wildman–Crippen MR) is 74.0 cm³/mol. The number of likely N-dealkylation sites (tertiary alicyclic amines) is 1. The van der Waals surface area contributed by atoms with E-state index in [1.165, 1.54) is 25.1 Å². The molecule has 2 atom stereocenters. The van der Waals surface area contributed by atoms with Gasteiger partial charge in [-0.15, -0.1) is 0 Å². The average molecular weight is 231 g/mol. The van der Waals surface area contributed by atoms with E-state index in [1.807, 2.05) is 0 Å². The Bertz CT molecular complexity index is 350. The highest BCUT2D eigenvalue weighted by Crippen LogP contribution is 2.36. The summed E-state index contributed by atoms with van der Waals surface area (Å²) in [5.74, 6) is 0.841. The maximum absolute atomic E-state index is 2.63. The van der Waals surface area contributed by atoms with Gasteiger partial charge in [-0.1, -0.05) is 51.1 Å². The zero-order valence-electron chi connectivity index (χ0n) is 11.6. The highest BCUT2D eigenvalue weighted by atomic mass is 15.2. The maximum Gasteiger partial charge on any atom is 0.0319 e. The van der Waals surface area contributed by atoms with Crippen LogP contribution in [0.25, 0.3) is 0 Å². The third kappa shape index (κ3) is 2.90. The standard InChI is InChI=1S/C16H25N/c1-13(14-8-6-5-7-9-14)17-11-10-15(12-17)16(2,3)4/h5-9,13,15H,10-12H2,1-4H3/t13-,15-/m1/s1. The van der Waals surface area contributed by atoms with Gasteiger partial charge in [-0.25, -0.2) is 0 Å². The summed E-state index contributed by atoms with van der Waals surface area (Å²) in [4.78, 5) is 2.63. The number of benzene rings is 1. The van der Waals surface area contributed by atoms with Crippen LogP contribution in [0.15, 0.2) is 30.3 Å². The molecule has 0 amide bonds. The minimum atomic E-state index is 0.450. The van der Waals surface area contributed by atoms with Crippen LogP contribution in [0, 0.1) is 11.3 Å². The molecule has 94 valence electrons. The molecule has 1 aromatic carbocycles. The van der Waals surface area contributed by atoms with Gasteiger partial charge in [0.2, 0.25) is 0 Å². The highest BCUT2D eigenvalue weighted by Gasteiger charge is 2.33. The van der Waals surface area contributed by atoms with Crippen molar-refractivity contribution in [3.8, 4) is 0 Å². The van der Waals surface area contributed by atoms with Crippen molar-refractivity contribution < 1.29 is 0 Å². The molecular weight excluding hydrogens is 206 g/mol. The van der Waals surface area contributed by atoms with Crippen LogP contribution in [-0.4, -0.2) is 18.0 Å². The summed E-state index contributed by atoms with van der Waals surface area (Å²) in [6, 6.07) is 11.4. The zero-order chi connectivity index (χ0) is 12.5. The van der Waals surface area contributed by atoms with Gasteiger partial charge < -0.3 is 0 Å². The molecule has 0 aromatic heterocycles. The Morgan fingerprint density at radius 1 is 1.18 bits per heavy atom. The van der Waals surface area contributed by atoms with E-state index in [-0.39, 0.29) is 0 Å². The van der Waals surface area contributed by atoms with Crippen molar-refractivity contribution in [3.05, 3.63) is 35.9 Å². The van der Waals surface area contributed by atoms with Crippen molar-refractivity contribution in [1.29, 1.82) is 0 Å². The van der Waals surface area contributed by atoms with Gasteiger partial charge in [0.1, 0.15) is 0 Å². The molecule has 0 aliphatic carbocycles. The van der Waals surface area contributed by atoms with Crippen LogP contribution >= 0.6 is 0 Å². The fourth-order valence-electron chi connectivity index (χ4n) is 2.79. The van der Waals surface area contributed by atoms with Gasteiger partial charge >= 0.3 is 0 Å². The average Bonchev–Trinajstić information content (AvgIpc) is 2.78. The minimum absolute atomic E-state index is 0.450. The molecule has 0 bridgehead atoms. The van der Waals surface area contributed by atoms with E-state index in [2.05, 4.69) is 62.9 Å². The SMILES string of the molecule is C[C@H](c1ccccc1)N1CC[C@@H](C(C)(C)C)C1. The molecule has 1 aliphatic rings. The number of nitrogens with zero attached hydrogens (tertiary/aromatic N) is 1. The van der Waals surface area contributed by atoms with E-state index in [0.29, 0.717) is 11.5 Å². The van der Waals surface area contributed by atoms with Crippen molar-refractivity contribution in [2.75, 3.05) is 13.1 Å². The highest BCUT2D eigenvalue weighted by molar-refractivity contribution is 5.18. The van der Waals surface area contributed by atoms with E-state index in [4.69, 9.17) is 0 Å². The van der Waals surface area contributed by atoms with Crippen LogP contribution in [0.3, 0.4) is 0 Å². The molecule has 1 saturated heterocycles. The first-order chi connectivity index (χ1) is 7.98. The summed E-state index contributed by atoms with van der Waals surface area (Å²) in [6.45, 7) is 11.9. The van der Waals surface area contributed by atoms with Crippen LogP contribution < -0.4 is 0 Å². The molecule has 0 radical (unpaired) electrons. The topological polar surface area (TPSA) is 3.24 Å². The molecule has 1 aliphatic heterocycles. The van der Waals surface area contributed by atoms with Crippen molar-refractivity contribution >= 4 is 0 Å². The van der Waals surface area contributed by atoms with Gasteiger partial charge in [0.05, 0.1) is 0 Å². The molecule has 1 fully saturated rings. The smallest absolute Gasteiger partial charge is 0.0319 e. The lowest BCUT2D eigenvalue weighted by molar-refractivity contribution is 0.203. The quantitative estimate of drug-likeness (QED) is 0.740. The summed E-state index contributed by atoms with van der Waals surface area (Å²) < 4.78 is 0. The molecule has 0 N–H and O–H groups in total. The Morgan fingerprint density at radius 3 is 2.35 bits per heavy atom. The third-order valence-corrected chi connectivity index (χ3v) is 4.27. The minimum Gasteiger partial charge on any atom is -0.296 e. The van der Waals surface area contributed by atoms with Crippen molar-refractivity contribution in [2.45, 2.75) is 40.2 Å². The number of hydrogen-bond acceptors (Lipinski definition) is 1. The van der Waals surface area contributed by atoms with E-state index < -0.39 is 0 Å². The van der Waals surface area contributed by atoms with Crippen molar-refractivity contribution in [2.24, 2.45) is 11.3 Å². The van der Waals surface area contributed by atoms with Gasteiger partial charge in [-0.2, -0.15) is 0 Å². The first kappa shape index (κ1) is 12.6. The molecule has 2 rings (SSSR count). The molecule has 1 heteroatoms. The molecule has 0 spiro atoms. The summed E-state index contributed by atoms with van der Waals surface area (Å²) in [7, 11) is 0. The summed E-state index contributed by atoms with van der Waals surface area (Å²) in [6.07, 6.45) is 1.35. The Labute approximate surface area is 106 Å². The van der Waals surface area contributed by atoms with Crippen LogP contribution in [0.4, 0.5) is 0 Å². The van der Waals surface area contributed by atoms with E-state index >= 15 is 0 Å². The lowest BCUT2D eigenvalue weighted by atomic mass is 9.80. The van der Waals surface area contributed by atoms with Crippen LogP contribution in [-0.2, 0) is 0 Å². The van der Waals surface area contributed by atoms with Crippen LogP contribution in [0.2, 0.25) is 0 Å². The Balaban J connectivity index is 2.02. The van der Waals surface area contributed by atoms with Crippen molar-refractivity contribution in [1.82, 2.24) is 4.90 Å². The van der Waals surface area contributed by atoms with E-state index in [9.17, 15) is 0 Å². The molecular formula is C16H25N. The molecule has 1 nitrogen and oxygen atoms in total. The molecule has 0 saturated carbocycles. The first-order valence-corrected chi connectivity index (χ1v) is 6.77. The van der Waals surface area contributed by atoms with Gasteiger partial charge in [0, 0.05) is 12.6 Å². The predicted octanol–water partition coefficient (Wildman–Crippen LogP) is 4.12. The normalized spacial score (nSPS) is 23.9. The fourth-order valence-corrected chi connectivity index (χ4v) is 2.79. The fraction of sp³-hybridized carbons (Fsp3) is 0.625. The molecule has 0 unspecified atom stereocenters. The number of hydrogen-bond donors (Lipinski definition) is 0. The second-order valence-electron chi connectivity index (χ2n) is 6.43. The third-order valence-electron chi connectivity index (χ3n) is 4.27. The molecule has 17 heavy (non-hydrogen) atoms. The molecule has 1 aromatic rings. The lowest BCUT2D eigenvalue weighted by Crippen LogP contribution is -2.28. The Morgan fingerprint density at radius 2 is 1.82 bits per heavy atom. The maximum atomic E-state index is 2.63. The summed E-state index contributed by atoms with van der Waals surface area (Å²) in [5.41, 5.74) is 1.90. The van der Waals surface area contributed by atoms with Gasteiger partial charge in [-0.05, 0) is 36.8 Å². The Kier molecular flexibility index (Phi) is 3.58. The number of rotatable bonds is 2. The van der Waals surface area contributed by atoms with Crippen molar-refractivity contribution in [3.63, 3.8) is 0 Å². The van der Waals surface area contributed by atoms with Crippen LogP contribution in [0.1, 0.15) is 45.7 Å². The van der Waals surface area contributed by atoms with E-state index in [0.717, 1.165) is 5.92 Å². The summed E-state index contributed by atoms with van der Waals surface area (Å²) >= 11 is 0. The zero-order valence-corrected chi connectivity index (χ0v) is 11.6. The first-order valence-electron chi connectivity index (χ1n) is 6.77. The second-order valence-corrected chi connectivity index (χ2v) is 6.43. The largest absolute Gasteiger partial charge is 0.296 e. The van der Waals surface area contributed by atoms with Crippen LogP contribution in [0.5, 0.6) is 0 Å². The summed E-state index contributed by atoms with van der Waals surface area (Å²) in [5, 5.41) is 0. The molecule has 1 heterocycles. The lowest BCUT2D eigenvalue weighted by Gasteiger charge is -2.29. The van der Waals surface area contributed by atoms with Gasteiger partial charge in [-0.3, -0.25) is 4.90 Å².